The molecule has 0 fully saturated rings. The lowest BCUT2D eigenvalue weighted by atomic mass is 10.1. The van der Waals surface area contributed by atoms with E-state index >= 15 is 0 Å². The molecular weight excluding hydrogens is 412 g/mol. The monoisotopic (exact) mass is 440 g/mol. The Morgan fingerprint density at radius 2 is 1.90 bits per heavy atom. The fraction of sp³-hybridized carbons (Fsp3) is 0.375. The Morgan fingerprint density at radius 1 is 1.19 bits per heavy atom. The molecule has 1 unspecified atom stereocenters. The number of nitrogens with one attached hydrogen (secondary N) is 1. The zero-order valence-electron chi connectivity index (χ0n) is 18.6. The molecular formula is C24H29ClN4O2. The van der Waals surface area contributed by atoms with Gasteiger partial charge in [0.05, 0.1) is 22.6 Å². The number of para-hydroxylation sites is 1. The first-order valence-electron chi connectivity index (χ1n) is 10.5. The van der Waals surface area contributed by atoms with E-state index in [9.17, 15) is 9.59 Å². The summed E-state index contributed by atoms with van der Waals surface area (Å²) in [6.07, 6.45) is 0.775. The van der Waals surface area contributed by atoms with E-state index in [0.29, 0.717) is 34.0 Å². The van der Waals surface area contributed by atoms with Crippen molar-refractivity contribution in [1.29, 1.82) is 0 Å². The smallest absolute Gasteiger partial charge is 0.318 e. The highest BCUT2D eigenvalue weighted by Gasteiger charge is 2.28. The molecule has 3 rings (SSSR count). The van der Waals surface area contributed by atoms with Crippen LogP contribution in [0.3, 0.4) is 0 Å². The maximum atomic E-state index is 13.5. The number of nitrogens with zero attached hydrogens (tertiary/aromatic N) is 3. The second kappa shape index (κ2) is 9.10. The Bertz CT molecular complexity index is 1150. The van der Waals surface area contributed by atoms with Crippen molar-refractivity contribution in [3.8, 4) is 5.69 Å². The third-order valence-electron chi connectivity index (χ3n) is 4.92. The minimum Gasteiger partial charge on any atom is -0.333 e. The average molecular weight is 441 g/mol. The van der Waals surface area contributed by atoms with Gasteiger partial charge in [0.25, 0.3) is 5.56 Å². The molecule has 31 heavy (non-hydrogen) atoms. The Balaban J connectivity index is 2.22. The fourth-order valence-corrected chi connectivity index (χ4v) is 3.72. The van der Waals surface area contributed by atoms with Crippen molar-refractivity contribution in [3.05, 3.63) is 69.7 Å². The average Bonchev–Trinajstić information content (AvgIpc) is 2.70. The van der Waals surface area contributed by atoms with E-state index in [2.05, 4.69) is 5.32 Å². The van der Waals surface area contributed by atoms with Gasteiger partial charge in [-0.25, -0.2) is 9.78 Å². The van der Waals surface area contributed by atoms with Crippen LogP contribution in [0.5, 0.6) is 0 Å². The quantitative estimate of drug-likeness (QED) is 0.583. The number of amides is 2. The summed E-state index contributed by atoms with van der Waals surface area (Å²) in [5.41, 5.74) is 0.639. The normalized spacial score (nSPS) is 12.6. The molecule has 2 amide bonds. The summed E-state index contributed by atoms with van der Waals surface area (Å²) in [4.78, 5) is 33.1. The molecule has 0 aliphatic rings. The summed E-state index contributed by atoms with van der Waals surface area (Å²) in [7, 11) is 0. The lowest BCUT2D eigenvalue weighted by molar-refractivity contribution is 0.167. The van der Waals surface area contributed by atoms with E-state index < -0.39 is 6.04 Å². The third-order valence-corrected chi connectivity index (χ3v) is 5.15. The van der Waals surface area contributed by atoms with Crippen molar-refractivity contribution in [2.24, 2.45) is 0 Å². The van der Waals surface area contributed by atoms with Gasteiger partial charge in [0.1, 0.15) is 5.82 Å². The molecule has 164 valence electrons. The standard InChI is InChI=1S/C24H29ClN4O2/c1-6-14-28(23(31)27-24(3,4)5)16(2)21-26-20-13-8-7-12-19(20)22(30)29(21)18-11-9-10-17(25)15-18/h7-13,15-16H,6,14H2,1-5H3,(H,27,31). The van der Waals surface area contributed by atoms with Gasteiger partial charge in [-0.1, -0.05) is 36.7 Å². The number of carbonyl (C=O) groups is 1. The molecule has 0 aliphatic heterocycles. The molecule has 3 aromatic rings. The first-order valence-corrected chi connectivity index (χ1v) is 10.9. The van der Waals surface area contributed by atoms with Gasteiger partial charge in [-0.2, -0.15) is 0 Å². The van der Waals surface area contributed by atoms with Crippen LogP contribution in [0.15, 0.2) is 53.3 Å². The van der Waals surface area contributed by atoms with Gasteiger partial charge < -0.3 is 10.2 Å². The molecule has 1 heterocycles. The number of aromatic nitrogens is 2. The SMILES string of the molecule is CCCN(C(=O)NC(C)(C)C)C(C)c1nc2ccccc2c(=O)n1-c1cccc(Cl)c1. The lowest BCUT2D eigenvalue weighted by Gasteiger charge is -2.33. The fourth-order valence-electron chi connectivity index (χ4n) is 3.54. The number of benzene rings is 2. The molecule has 0 bridgehead atoms. The molecule has 0 saturated carbocycles. The van der Waals surface area contributed by atoms with Gasteiger partial charge in [-0.3, -0.25) is 9.36 Å². The first kappa shape index (κ1) is 22.8. The topological polar surface area (TPSA) is 67.2 Å². The predicted molar refractivity (Wildman–Crippen MR) is 126 cm³/mol. The van der Waals surface area contributed by atoms with Gasteiger partial charge in [0.2, 0.25) is 0 Å². The largest absolute Gasteiger partial charge is 0.333 e. The molecule has 2 aromatic carbocycles. The second-order valence-electron chi connectivity index (χ2n) is 8.66. The number of urea groups is 1. The molecule has 7 heteroatoms. The number of carbonyl (C=O) groups excluding carboxylic acids is 1. The zero-order chi connectivity index (χ0) is 22.8. The molecule has 1 N–H and O–H groups in total. The summed E-state index contributed by atoms with van der Waals surface area (Å²) in [5.74, 6) is 0.489. The van der Waals surface area contributed by atoms with Gasteiger partial charge in [0, 0.05) is 17.1 Å². The van der Waals surface area contributed by atoms with E-state index in [-0.39, 0.29) is 17.1 Å². The van der Waals surface area contributed by atoms with Crippen molar-refractivity contribution in [2.45, 2.75) is 52.6 Å². The van der Waals surface area contributed by atoms with Crippen molar-refractivity contribution in [2.75, 3.05) is 6.54 Å². The Labute approximate surface area is 187 Å². The first-order chi connectivity index (χ1) is 14.6. The highest BCUT2D eigenvalue weighted by atomic mass is 35.5. The van der Waals surface area contributed by atoms with Crippen LogP contribution in [-0.4, -0.2) is 32.6 Å². The van der Waals surface area contributed by atoms with Crippen LogP contribution >= 0.6 is 11.6 Å². The Hall–Kier alpha value is -2.86. The molecule has 6 nitrogen and oxygen atoms in total. The van der Waals surface area contributed by atoms with E-state index in [1.807, 2.05) is 58.9 Å². The van der Waals surface area contributed by atoms with E-state index in [4.69, 9.17) is 16.6 Å². The lowest BCUT2D eigenvalue weighted by Crippen LogP contribution is -2.50. The van der Waals surface area contributed by atoms with Gasteiger partial charge >= 0.3 is 6.03 Å². The Kier molecular flexibility index (Phi) is 6.70. The van der Waals surface area contributed by atoms with Crippen molar-refractivity contribution >= 4 is 28.5 Å². The van der Waals surface area contributed by atoms with Crippen LogP contribution in [0, 0.1) is 0 Å². The van der Waals surface area contributed by atoms with Crippen LogP contribution in [0.1, 0.15) is 52.9 Å². The summed E-state index contributed by atoms with van der Waals surface area (Å²) in [6, 6.07) is 13.7. The molecule has 0 radical (unpaired) electrons. The molecule has 0 saturated heterocycles. The van der Waals surface area contributed by atoms with E-state index in [1.54, 1.807) is 33.7 Å². The maximum Gasteiger partial charge on any atom is 0.318 e. The van der Waals surface area contributed by atoms with Crippen LogP contribution in [-0.2, 0) is 0 Å². The number of rotatable bonds is 5. The maximum absolute atomic E-state index is 13.5. The molecule has 1 aromatic heterocycles. The minimum absolute atomic E-state index is 0.192. The summed E-state index contributed by atoms with van der Waals surface area (Å²) < 4.78 is 1.56. The minimum atomic E-state index is -0.446. The zero-order valence-corrected chi connectivity index (χ0v) is 19.4. The van der Waals surface area contributed by atoms with Crippen LogP contribution < -0.4 is 10.9 Å². The highest BCUT2D eigenvalue weighted by Crippen LogP contribution is 2.24. The number of hydrogen-bond acceptors (Lipinski definition) is 3. The molecule has 0 spiro atoms. The van der Waals surface area contributed by atoms with E-state index in [1.165, 1.54) is 0 Å². The molecule has 1 atom stereocenters. The Morgan fingerprint density at radius 3 is 2.55 bits per heavy atom. The van der Waals surface area contributed by atoms with Crippen molar-refractivity contribution in [1.82, 2.24) is 19.8 Å². The van der Waals surface area contributed by atoms with Crippen LogP contribution in [0.25, 0.3) is 16.6 Å². The van der Waals surface area contributed by atoms with Crippen LogP contribution in [0.4, 0.5) is 4.79 Å². The number of halogens is 1. The summed E-state index contributed by atoms with van der Waals surface area (Å²) in [5, 5.41) is 4.06. The number of hydrogen-bond donors (Lipinski definition) is 1. The van der Waals surface area contributed by atoms with Gasteiger partial charge in [0.15, 0.2) is 0 Å². The van der Waals surface area contributed by atoms with Crippen molar-refractivity contribution < 1.29 is 4.79 Å². The van der Waals surface area contributed by atoms with E-state index in [0.717, 1.165) is 6.42 Å². The third kappa shape index (κ3) is 5.07. The predicted octanol–water partition coefficient (Wildman–Crippen LogP) is 5.32. The highest BCUT2D eigenvalue weighted by molar-refractivity contribution is 6.30. The van der Waals surface area contributed by atoms with Crippen LogP contribution in [0.2, 0.25) is 5.02 Å². The summed E-state index contributed by atoms with van der Waals surface area (Å²) >= 11 is 6.22. The number of fused-ring (bicyclic) bond motifs is 1. The second-order valence-corrected chi connectivity index (χ2v) is 9.09. The summed E-state index contributed by atoms with van der Waals surface area (Å²) in [6.45, 7) is 10.3. The van der Waals surface area contributed by atoms with Gasteiger partial charge in [-0.15, -0.1) is 0 Å². The van der Waals surface area contributed by atoms with Crippen molar-refractivity contribution in [3.63, 3.8) is 0 Å². The van der Waals surface area contributed by atoms with Gasteiger partial charge in [-0.05, 0) is 64.4 Å². The molecule has 0 aliphatic carbocycles.